The number of benzene rings is 1. The van der Waals surface area contributed by atoms with Gasteiger partial charge in [-0.1, -0.05) is 30.3 Å². The maximum Gasteiger partial charge on any atom is 0.0757 e. The van der Waals surface area contributed by atoms with Gasteiger partial charge in [0, 0.05) is 30.6 Å². The molecule has 0 unspecified atom stereocenters. The van der Waals surface area contributed by atoms with E-state index in [9.17, 15) is 0 Å². The number of hydrogen-bond donors (Lipinski definition) is 0. The van der Waals surface area contributed by atoms with Gasteiger partial charge in [0.1, 0.15) is 0 Å². The molecule has 0 N–H and O–H groups in total. The molecule has 2 heterocycles. The molecular formula is C15H13N3. The molecule has 0 amide bonds. The molecule has 0 aliphatic rings. The Balaban J connectivity index is 2.19. The predicted octanol–water partition coefficient (Wildman–Crippen LogP) is 3.15. The molecule has 0 aliphatic carbocycles. The quantitative estimate of drug-likeness (QED) is 0.683. The van der Waals surface area contributed by atoms with E-state index in [1.54, 1.807) is 12.4 Å². The molecule has 3 heteroatoms. The summed E-state index contributed by atoms with van der Waals surface area (Å²) in [5.41, 5.74) is 4.56. The number of aryl methyl sites for hydroxylation is 1. The normalized spacial score (nSPS) is 10.5. The summed E-state index contributed by atoms with van der Waals surface area (Å²) < 4.78 is 1.91. The van der Waals surface area contributed by atoms with Crippen LogP contribution in [0.2, 0.25) is 0 Å². The van der Waals surface area contributed by atoms with Gasteiger partial charge in [0.25, 0.3) is 0 Å². The fraction of sp³-hybridized carbons (Fsp3) is 0.0667. The second kappa shape index (κ2) is 4.45. The zero-order valence-electron chi connectivity index (χ0n) is 10.1. The lowest BCUT2D eigenvalue weighted by Gasteiger charge is -2.06. The summed E-state index contributed by atoms with van der Waals surface area (Å²) in [6.07, 6.45) is 5.51. The van der Waals surface area contributed by atoms with Crippen molar-refractivity contribution in [2.75, 3.05) is 0 Å². The zero-order chi connectivity index (χ0) is 12.4. The molecule has 1 aromatic carbocycles. The van der Waals surface area contributed by atoms with E-state index in [1.165, 1.54) is 5.56 Å². The molecule has 0 atom stereocenters. The molecule has 0 radical (unpaired) electrons. The van der Waals surface area contributed by atoms with Crippen molar-refractivity contribution >= 4 is 0 Å². The lowest BCUT2D eigenvalue weighted by molar-refractivity contribution is 0.776. The van der Waals surface area contributed by atoms with Crippen LogP contribution in [-0.2, 0) is 7.05 Å². The monoisotopic (exact) mass is 235 g/mol. The SMILES string of the molecule is Cn1ncc(-c2ccncc2)c1-c1ccccc1. The maximum absolute atomic E-state index is 4.37. The van der Waals surface area contributed by atoms with E-state index in [1.807, 2.05) is 48.3 Å². The topological polar surface area (TPSA) is 30.7 Å². The Kier molecular flexibility index (Phi) is 2.65. The first-order valence-corrected chi connectivity index (χ1v) is 5.84. The lowest BCUT2D eigenvalue weighted by Crippen LogP contribution is -1.94. The van der Waals surface area contributed by atoms with E-state index in [4.69, 9.17) is 0 Å². The summed E-state index contributed by atoms with van der Waals surface area (Å²) in [6.45, 7) is 0. The molecule has 2 aromatic heterocycles. The molecule has 3 aromatic rings. The number of pyridine rings is 1. The molecule has 18 heavy (non-hydrogen) atoms. The van der Waals surface area contributed by atoms with Gasteiger partial charge >= 0.3 is 0 Å². The van der Waals surface area contributed by atoms with Gasteiger partial charge in [-0.25, -0.2) is 0 Å². The minimum Gasteiger partial charge on any atom is -0.267 e. The van der Waals surface area contributed by atoms with Crippen LogP contribution in [0.5, 0.6) is 0 Å². The Morgan fingerprint density at radius 1 is 0.889 bits per heavy atom. The molecule has 0 saturated carbocycles. The van der Waals surface area contributed by atoms with Crippen LogP contribution in [0.25, 0.3) is 22.4 Å². The number of rotatable bonds is 2. The Morgan fingerprint density at radius 2 is 1.61 bits per heavy atom. The van der Waals surface area contributed by atoms with Crippen LogP contribution in [0.15, 0.2) is 61.1 Å². The summed E-state index contributed by atoms with van der Waals surface area (Å²) in [4.78, 5) is 4.05. The standard InChI is InChI=1S/C15H13N3/c1-18-15(13-5-3-2-4-6-13)14(11-17-18)12-7-9-16-10-8-12/h2-11H,1H3. The molecule has 0 spiro atoms. The largest absolute Gasteiger partial charge is 0.267 e. The second-order valence-electron chi connectivity index (χ2n) is 4.13. The minimum absolute atomic E-state index is 1.13. The van der Waals surface area contributed by atoms with E-state index >= 15 is 0 Å². The van der Waals surface area contributed by atoms with Crippen LogP contribution < -0.4 is 0 Å². The van der Waals surface area contributed by atoms with E-state index in [0.717, 1.165) is 16.8 Å². The highest BCUT2D eigenvalue weighted by molar-refractivity contribution is 5.80. The third-order valence-electron chi connectivity index (χ3n) is 2.98. The number of aromatic nitrogens is 3. The van der Waals surface area contributed by atoms with Crippen LogP contribution in [0.1, 0.15) is 0 Å². The summed E-state index contributed by atoms with van der Waals surface area (Å²) in [7, 11) is 1.97. The summed E-state index contributed by atoms with van der Waals surface area (Å²) >= 11 is 0. The van der Waals surface area contributed by atoms with Crippen molar-refractivity contribution in [3.8, 4) is 22.4 Å². The molecule has 0 saturated heterocycles. The Labute approximate surface area is 106 Å². The van der Waals surface area contributed by atoms with Crippen molar-refractivity contribution in [1.82, 2.24) is 14.8 Å². The molecule has 0 bridgehead atoms. The van der Waals surface area contributed by atoms with Crippen LogP contribution in [0.4, 0.5) is 0 Å². The van der Waals surface area contributed by atoms with Gasteiger partial charge < -0.3 is 0 Å². The fourth-order valence-electron chi connectivity index (χ4n) is 2.12. The molecule has 3 nitrogen and oxygen atoms in total. The van der Waals surface area contributed by atoms with Crippen LogP contribution in [0, 0.1) is 0 Å². The highest BCUT2D eigenvalue weighted by atomic mass is 15.3. The van der Waals surface area contributed by atoms with Gasteiger partial charge in [-0.05, 0) is 17.7 Å². The third-order valence-corrected chi connectivity index (χ3v) is 2.98. The lowest BCUT2D eigenvalue weighted by atomic mass is 10.0. The van der Waals surface area contributed by atoms with Crippen molar-refractivity contribution in [2.45, 2.75) is 0 Å². The first-order valence-electron chi connectivity index (χ1n) is 5.84. The predicted molar refractivity (Wildman–Crippen MR) is 71.9 cm³/mol. The van der Waals surface area contributed by atoms with Crippen LogP contribution in [0.3, 0.4) is 0 Å². The van der Waals surface area contributed by atoms with Crippen molar-refractivity contribution < 1.29 is 0 Å². The van der Waals surface area contributed by atoms with Crippen molar-refractivity contribution in [2.24, 2.45) is 7.05 Å². The molecule has 0 fully saturated rings. The van der Waals surface area contributed by atoms with Gasteiger partial charge in [0.2, 0.25) is 0 Å². The number of hydrogen-bond acceptors (Lipinski definition) is 2. The van der Waals surface area contributed by atoms with Gasteiger partial charge in [-0.3, -0.25) is 9.67 Å². The van der Waals surface area contributed by atoms with Gasteiger partial charge in [0.05, 0.1) is 11.9 Å². The zero-order valence-corrected chi connectivity index (χ0v) is 10.1. The van der Waals surface area contributed by atoms with E-state index in [0.29, 0.717) is 0 Å². The van der Waals surface area contributed by atoms with Crippen LogP contribution in [-0.4, -0.2) is 14.8 Å². The Hall–Kier alpha value is -2.42. The Bertz CT molecular complexity index is 642. The molecule has 88 valence electrons. The Morgan fingerprint density at radius 3 is 2.33 bits per heavy atom. The van der Waals surface area contributed by atoms with Crippen LogP contribution >= 0.6 is 0 Å². The average Bonchev–Trinajstić information content (AvgIpc) is 2.83. The third kappa shape index (κ3) is 1.80. The second-order valence-corrected chi connectivity index (χ2v) is 4.13. The highest BCUT2D eigenvalue weighted by Gasteiger charge is 2.11. The summed E-state index contributed by atoms with van der Waals surface area (Å²) in [5.74, 6) is 0. The first-order chi connectivity index (χ1) is 8.86. The van der Waals surface area contributed by atoms with E-state index in [2.05, 4.69) is 22.2 Å². The van der Waals surface area contributed by atoms with Crippen molar-refractivity contribution in [3.63, 3.8) is 0 Å². The molecule has 3 rings (SSSR count). The summed E-state index contributed by atoms with van der Waals surface area (Å²) in [6, 6.07) is 14.3. The van der Waals surface area contributed by atoms with E-state index < -0.39 is 0 Å². The van der Waals surface area contributed by atoms with Gasteiger partial charge in [-0.2, -0.15) is 5.10 Å². The smallest absolute Gasteiger partial charge is 0.0757 e. The van der Waals surface area contributed by atoms with Crippen molar-refractivity contribution in [3.05, 3.63) is 61.1 Å². The summed E-state index contributed by atoms with van der Waals surface area (Å²) in [5, 5.41) is 4.37. The number of nitrogens with zero attached hydrogens (tertiary/aromatic N) is 3. The molecule has 0 aliphatic heterocycles. The van der Waals surface area contributed by atoms with E-state index in [-0.39, 0.29) is 0 Å². The van der Waals surface area contributed by atoms with Crippen molar-refractivity contribution in [1.29, 1.82) is 0 Å². The molecular weight excluding hydrogens is 222 g/mol. The van der Waals surface area contributed by atoms with Gasteiger partial charge in [0.15, 0.2) is 0 Å². The maximum atomic E-state index is 4.37. The van der Waals surface area contributed by atoms with Gasteiger partial charge in [-0.15, -0.1) is 0 Å². The first kappa shape index (κ1) is 10.7. The fourth-order valence-corrected chi connectivity index (χ4v) is 2.12. The highest BCUT2D eigenvalue weighted by Crippen LogP contribution is 2.30. The average molecular weight is 235 g/mol. The minimum atomic E-state index is 1.13.